The number of thioether (sulfide) groups is 1. The lowest BCUT2D eigenvalue weighted by Crippen LogP contribution is -2.17. The van der Waals surface area contributed by atoms with Crippen molar-refractivity contribution >= 4 is 68.2 Å². The Balaban J connectivity index is 1.66. The number of fused-ring (bicyclic) bond motifs is 1. The van der Waals surface area contributed by atoms with E-state index in [0.717, 1.165) is 11.8 Å². The maximum absolute atomic E-state index is 13.1. The van der Waals surface area contributed by atoms with Crippen LogP contribution in [0.3, 0.4) is 0 Å². The van der Waals surface area contributed by atoms with Crippen molar-refractivity contribution in [3.8, 4) is 5.75 Å². The molecule has 0 aliphatic carbocycles. The number of ether oxygens (including phenoxy) is 1. The molecule has 0 saturated carbocycles. The number of anilines is 1. The van der Waals surface area contributed by atoms with Crippen molar-refractivity contribution in [3.63, 3.8) is 0 Å². The van der Waals surface area contributed by atoms with Crippen LogP contribution in [-0.4, -0.2) is 26.4 Å². The Labute approximate surface area is 215 Å². The zero-order valence-electron chi connectivity index (χ0n) is 17.9. The Bertz CT molecular complexity index is 1490. The maximum Gasteiger partial charge on any atom is 0.311 e. The van der Waals surface area contributed by atoms with Crippen molar-refractivity contribution in [3.05, 3.63) is 90.8 Å². The first-order valence-corrected chi connectivity index (χ1v) is 13.1. The van der Waals surface area contributed by atoms with Crippen LogP contribution in [-0.2, 0) is 20.4 Å². The van der Waals surface area contributed by atoms with Crippen LogP contribution in [0.1, 0.15) is 11.1 Å². The van der Waals surface area contributed by atoms with Gasteiger partial charge in [0.05, 0.1) is 33.3 Å². The molecule has 0 unspecified atom stereocenters. The van der Waals surface area contributed by atoms with E-state index in [2.05, 4.69) is 5.32 Å². The van der Waals surface area contributed by atoms with E-state index >= 15 is 0 Å². The van der Waals surface area contributed by atoms with Crippen LogP contribution < -0.4 is 10.1 Å². The summed E-state index contributed by atoms with van der Waals surface area (Å²) in [6, 6.07) is 13.5. The zero-order valence-corrected chi connectivity index (χ0v) is 21.1. The van der Waals surface area contributed by atoms with Gasteiger partial charge >= 0.3 is 5.69 Å². The predicted molar refractivity (Wildman–Crippen MR) is 136 cm³/mol. The molecule has 1 N–H and O–H groups in total. The number of benzene rings is 3. The van der Waals surface area contributed by atoms with Gasteiger partial charge in [-0.25, -0.2) is 8.42 Å². The number of nitro benzene ring substituents is 1. The van der Waals surface area contributed by atoms with Gasteiger partial charge in [0.25, 0.3) is 5.91 Å². The van der Waals surface area contributed by atoms with E-state index in [1.165, 1.54) is 43.5 Å². The quantitative estimate of drug-likeness (QED) is 0.228. The monoisotopic (exact) mass is 550 g/mol. The number of methoxy groups -OCH3 is 1. The Hall–Kier alpha value is -3.05. The minimum absolute atomic E-state index is 0.0373. The fraction of sp³-hybridized carbons (Fsp3) is 0.0870. The van der Waals surface area contributed by atoms with Crippen LogP contribution >= 0.6 is 35.0 Å². The first kappa shape index (κ1) is 25.1. The van der Waals surface area contributed by atoms with Crippen LogP contribution in [0.2, 0.25) is 10.0 Å². The number of nitro groups is 1. The lowest BCUT2D eigenvalue weighted by Gasteiger charge is -2.19. The van der Waals surface area contributed by atoms with E-state index in [4.69, 9.17) is 27.9 Å². The van der Waals surface area contributed by atoms with Gasteiger partial charge in [0.2, 0.25) is 0 Å². The number of sulfone groups is 1. The van der Waals surface area contributed by atoms with Gasteiger partial charge in [0.15, 0.2) is 15.6 Å². The number of carbonyl (C=O) groups is 1. The number of halogens is 2. The lowest BCUT2D eigenvalue weighted by atomic mass is 10.1. The summed E-state index contributed by atoms with van der Waals surface area (Å²) in [4.78, 5) is 24.1. The Kier molecular flexibility index (Phi) is 7.09. The third kappa shape index (κ3) is 5.30. The number of hydrogen-bond acceptors (Lipinski definition) is 7. The summed E-state index contributed by atoms with van der Waals surface area (Å²) in [6.07, 6.45) is 1.49. The summed E-state index contributed by atoms with van der Waals surface area (Å²) < 4.78 is 31.2. The van der Waals surface area contributed by atoms with Crippen molar-refractivity contribution in [2.75, 3.05) is 12.4 Å². The van der Waals surface area contributed by atoms with Gasteiger partial charge in [-0.2, -0.15) is 0 Å². The topological polar surface area (TPSA) is 116 Å². The van der Waals surface area contributed by atoms with E-state index in [1.54, 1.807) is 24.3 Å². The van der Waals surface area contributed by atoms with Crippen LogP contribution in [0, 0.1) is 10.1 Å². The molecule has 1 aliphatic rings. The molecular weight excluding hydrogens is 535 g/mol. The summed E-state index contributed by atoms with van der Waals surface area (Å²) in [5.41, 5.74) is 0.926. The van der Waals surface area contributed by atoms with Gasteiger partial charge in [-0.05, 0) is 48.0 Å². The normalized spacial score (nSPS) is 14.4. The molecule has 1 heterocycles. The zero-order chi connectivity index (χ0) is 25.3. The second-order valence-corrected chi connectivity index (χ2v) is 11.3. The van der Waals surface area contributed by atoms with E-state index in [1.807, 2.05) is 0 Å². The highest BCUT2D eigenvalue weighted by molar-refractivity contribution is 8.04. The number of nitrogens with one attached hydrogen (secondary N) is 1. The highest BCUT2D eigenvalue weighted by atomic mass is 35.5. The molecular formula is C23H16Cl2N2O6S2. The van der Waals surface area contributed by atoms with Crippen molar-refractivity contribution in [1.82, 2.24) is 0 Å². The summed E-state index contributed by atoms with van der Waals surface area (Å²) >= 11 is 13.3. The van der Waals surface area contributed by atoms with Crippen molar-refractivity contribution in [2.45, 2.75) is 15.5 Å². The largest absolute Gasteiger partial charge is 0.490 e. The van der Waals surface area contributed by atoms with Crippen LogP contribution in [0.15, 0.2) is 69.3 Å². The molecule has 8 nitrogen and oxygen atoms in total. The standard InChI is InChI=1S/C23H16Cl2N2O6S2/c1-33-20-8-5-13(9-19(20)27(29)30)10-22-23(28)26-18-7-6-14(11-21(18)34-22)35(31,32)12-15-16(24)3-2-4-17(15)25/h2-11H,12H2,1H3,(H,26,28)/b22-10+. The summed E-state index contributed by atoms with van der Waals surface area (Å²) in [5, 5.41) is 14.5. The minimum Gasteiger partial charge on any atom is -0.490 e. The molecule has 3 aromatic rings. The summed E-state index contributed by atoms with van der Waals surface area (Å²) in [7, 11) is -2.48. The van der Waals surface area contributed by atoms with Crippen LogP contribution in [0.25, 0.3) is 6.08 Å². The maximum atomic E-state index is 13.1. The van der Waals surface area contributed by atoms with Crippen molar-refractivity contribution in [2.24, 2.45) is 0 Å². The smallest absolute Gasteiger partial charge is 0.311 e. The second-order valence-electron chi connectivity index (χ2n) is 7.37. The lowest BCUT2D eigenvalue weighted by molar-refractivity contribution is -0.385. The average Bonchev–Trinajstić information content (AvgIpc) is 2.81. The van der Waals surface area contributed by atoms with Crippen LogP contribution in [0.5, 0.6) is 5.75 Å². The fourth-order valence-corrected chi connectivity index (χ4v) is 6.55. The summed E-state index contributed by atoms with van der Waals surface area (Å²) in [6.45, 7) is 0. The molecule has 0 atom stereocenters. The molecule has 0 fully saturated rings. The molecule has 3 aromatic carbocycles. The third-order valence-electron chi connectivity index (χ3n) is 5.10. The van der Waals surface area contributed by atoms with E-state index in [-0.39, 0.29) is 37.0 Å². The number of amides is 1. The highest BCUT2D eigenvalue weighted by Crippen LogP contribution is 2.41. The predicted octanol–water partition coefficient (Wildman–Crippen LogP) is 5.97. The van der Waals surface area contributed by atoms with Gasteiger partial charge in [-0.1, -0.05) is 47.1 Å². The van der Waals surface area contributed by atoms with E-state index in [0.29, 0.717) is 21.7 Å². The van der Waals surface area contributed by atoms with Crippen molar-refractivity contribution < 1.29 is 22.9 Å². The molecule has 4 rings (SSSR count). The molecule has 0 saturated heterocycles. The van der Waals surface area contributed by atoms with E-state index in [9.17, 15) is 23.3 Å². The fourth-order valence-electron chi connectivity index (χ4n) is 3.36. The molecule has 12 heteroatoms. The van der Waals surface area contributed by atoms with Gasteiger partial charge in [-0.15, -0.1) is 0 Å². The van der Waals surface area contributed by atoms with Gasteiger partial charge in [-0.3, -0.25) is 14.9 Å². The SMILES string of the molecule is COc1ccc(/C=C2/Sc3cc(S(=O)(=O)Cc4c(Cl)cccc4Cl)ccc3NC2=O)cc1[N+](=O)[O-]. The van der Waals surface area contributed by atoms with E-state index < -0.39 is 20.7 Å². The highest BCUT2D eigenvalue weighted by Gasteiger charge is 2.26. The molecule has 1 amide bonds. The van der Waals surface area contributed by atoms with Crippen LogP contribution in [0.4, 0.5) is 11.4 Å². The Morgan fingerprint density at radius 2 is 1.83 bits per heavy atom. The Morgan fingerprint density at radius 1 is 1.11 bits per heavy atom. The molecule has 0 radical (unpaired) electrons. The molecule has 35 heavy (non-hydrogen) atoms. The number of rotatable bonds is 6. The van der Waals surface area contributed by atoms with Gasteiger partial charge in [0, 0.05) is 26.6 Å². The van der Waals surface area contributed by atoms with Crippen molar-refractivity contribution in [1.29, 1.82) is 0 Å². The molecule has 1 aliphatic heterocycles. The minimum atomic E-state index is -3.81. The number of carbonyl (C=O) groups excluding carboxylic acids is 1. The number of nitrogens with zero attached hydrogens (tertiary/aromatic N) is 1. The molecule has 0 bridgehead atoms. The average molecular weight is 551 g/mol. The molecule has 180 valence electrons. The van der Waals surface area contributed by atoms with Gasteiger partial charge < -0.3 is 10.1 Å². The summed E-state index contributed by atoms with van der Waals surface area (Å²) in [5.74, 6) is -0.712. The first-order chi connectivity index (χ1) is 16.6. The second kappa shape index (κ2) is 9.90. The molecule has 0 spiro atoms. The Morgan fingerprint density at radius 3 is 2.49 bits per heavy atom. The third-order valence-corrected chi connectivity index (χ3v) is 8.53. The molecule has 0 aromatic heterocycles. The van der Waals surface area contributed by atoms with Gasteiger partial charge in [0.1, 0.15) is 0 Å². The first-order valence-electron chi connectivity index (χ1n) is 9.92. The number of hydrogen-bond donors (Lipinski definition) is 1.